The van der Waals surface area contributed by atoms with E-state index < -0.39 is 5.97 Å². The van der Waals surface area contributed by atoms with E-state index in [-0.39, 0.29) is 23.3 Å². The normalized spacial score (nSPS) is 25.3. The molecule has 0 aromatic carbocycles. The number of hydrogen-bond donors (Lipinski definition) is 1. The molecular weight excluding hydrogens is 478 g/mol. The summed E-state index contributed by atoms with van der Waals surface area (Å²) in [4.78, 5) is 38.2. The molecule has 190 valence electrons. The van der Waals surface area contributed by atoms with Crippen LogP contribution in [-0.2, 0) is 10.2 Å². The Morgan fingerprint density at radius 2 is 1.66 bits per heavy atom. The van der Waals surface area contributed by atoms with Gasteiger partial charge in [0, 0.05) is 34.5 Å². The number of thiophene rings is 1. The predicted octanol–water partition coefficient (Wildman–Crippen LogP) is 6.80. The molecule has 0 bridgehead atoms. The Kier molecular flexibility index (Phi) is 8.21. The standard InChI is InChI=1S/C27H37N3O3S2/c1-17-6-8-18(9-7-17)24(31)30(21-16-22(27(2,3)4)35-23(21)25(32)33)19-10-12-20(13-11-19)34-26-28-14-5-15-29-26/h5,14-20H,6-13H2,1-4H3,(H,32,33). The highest BCUT2D eigenvalue weighted by Crippen LogP contribution is 2.43. The molecule has 1 amide bonds. The number of anilines is 1. The molecule has 2 aliphatic carbocycles. The number of rotatable bonds is 6. The van der Waals surface area contributed by atoms with E-state index in [2.05, 4.69) is 37.7 Å². The first-order valence-corrected chi connectivity index (χ1v) is 14.5. The Hall–Kier alpha value is -1.93. The molecule has 0 aliphatic heterocycles. The third-order valence-corrected chi connectivity index (χ3v) is 10.1. The summed E-state index contributed by atoms with van der Waals surface area (Å²) >= 11 is 3.03. The third kappa shape index (κ3) is 6.26. The van der Waals surface area contributed by atoms with Gasteiger partial charge in [0.05, 0.1) is 5.69 Å². The van der Waals surface area contributed by atoms with Crippen molar-refractivity contribution in [2.45, 2.75) is 101 Å². The molecule has 0 unspecified atom stereocenters. The van der Waals surface area contributed by atoms with Crippen LogP contribution in [0.2, 0.25) is 0 Å². The molecule has 4 rings (SSSR count). The average molecular weight is 516 g/mol. The molecule has 2 heterocycles. The van der Waals surface area contributed by atoms with Crippen LogP contribution in [0.5, 0.6) is 0 Å². The maximum Gasteiger partial charge on any atom is 0.348 e. The van der Waals surface area contributed by atoms with Crippen molar-refractivity contribution in [1.82, 2.24) is 9.97 Å². The minimum atomic E-state index is -0.943. The lowest BCUT2D eigenvalue weighted by molar-refractivity contribution is -0.124. The molecule has 6 nitrogen and oxygen atoms in total. The highest BCUT2D eigenvalue weighted by Gasteiger charge is 2.38. The van der Waals surface area contributed by atoms with Gasteiger partial charge in [-0.2, -0.15) is 0 Å². The lowest BCUT2D eigenvalue weighted by Gasteiger charge is -2.39. The van der Waals surface area contributed by atoms with Gasteiger partial charge in [-0.1, -0.05) is 39.5 Å². The average Bonchev–Trinajstić information content (AvgIpc) is 3.27. The van der Waals surface area contributed by atoms with Crippen molar-refractivity contribution in [1.29, 1.82) is 0 Å². The summed E-state index contributed by atoms with van der Waals surface area (Å²) in [5, 5.41) is 11.3. The van der Waals surface area contributed by atoms with E-state index in [1.165, 1.54) is 11.3 Å². The summed E-state index contributed by atoms with van der Waals surface area (Å²) in [5.41, 5.74) is 0.435. The first kappa shape index (κ1) is 26.1. The minimum Gasteiger partial charge on any atom is -0.477 e. The van der Waals surface area contributed by atoms with Crippen molar-refractivity contribution in [3.05, 3.63) is 34.3 Å². The number of carbonyl (C=O) groups excluding carboxylic acids is 1. The highest BCUT2D eigenvalue weighted by molar-refractivity contribution is 7.99. The summed E-state index contributed by atoms with van der Waals surface area (Å²) < 4.78 is 0. The number of thioether (sulfide) groups is 1. The van der Waals surface area contributed by atoms with Gasteiger partial charge in [-0.05, 0) is 74.8 Å². The first-order valence-electron chi connectivity index (χ1n) is 12.8. The van der Waals surface area contributed by atoms with Crippen LogP contribution in [0.15, 0.2) is 29.7 Å². The molecule has 1 N–H and O–H groups in total. The number of carboxylic acids is 1. The number of amides is 1. The second-order valence-corrected chi connectivity index (χ2v) is 13.4. The van der Waals surface area contributed by atoms with Crippen LogP contribution < -0.4 is 4.90 Å². The maximum absolute atomic E-state index is 14.0. The SMILES string of the molecule is CC1CCC(C(=O)N(c2cc(C(C)(C)C)sc2C(=O)O)C2CCC(Sc3ncccn3)CC2)CC1. The molecular formula is C27H37N3O3S2. The van der Waals surface area contributed by atoms with Gasteiger partial charge < -0.3 is 10.0 Å². The molecule has 0 saturated heterocycles. The van der Waals surface area contributed by atoms with Crippen molar-refractivity contribution < 1.29 is 14.7 Å². The molecule has 2 aromatic heterocycles. The Balaban J connectivity index is 1.60. The number of aromatic carboxylic acids is 1. The zero-order valence-corrected chi connectivity index (χ0v) is 22.8. The molecule has 8 heteroatoms. The molecule has 2 aromatic rings. The number of carboxylic acid groups (broad SMARTS) is 1. The van der Waals surface area contributed by atoms with Gasteiger partial charge in [0.15, 0.2) is 5.16 Å². The zero-order valence-electron chi connectivity index (χ0n) is 21.2. The quantitative estimate of drug-likeness (QED) is 0.426. The predicted molar refractivity (Wildman–Crippen MR) is 143 cm³/mol. The summed E-state index contributed by atoms with van der Waals surface area (Å²) in [6, 6.07) is 3.83. The molecule has 2 fully saturated rings. The van der Waals surface area contributed by atoms with Gasteiger partial charge in [0.1, 0.15) is 4.88 Å². The summed E-state index contributed by atoms with van der Waals surface area (Å²) in [5.74, 6) is -0.180. The molecule has 35 heavy (non-hydrogen) atoms. The van der Waals surface area contributed by atoms with Crippen LogP contribution in [0, 0.1) is 11.8 Å². The van der Waals surface area contributed by atoms with E-state index >= 15 is 0 Å². The zero-order chi connectivity index (χ0) is 25.2. The molecule has 0 atom stereocenters. The van der Waals surface area contributed by atoms with Gasteiger partial charge in [-0.25, -0.2) is 14.8 Å². The second-order valence-electron chi connectivity index (χ2n) is 11.1. The molecule has 0 spiro atoms. The van der Waals surface area contributed by atoms with Crippen molar-refractivity contribution in [2.24, 2.45) is 11.8 Å². The number of carbonyl (C=O) groups is 2. The summed E-state index contributed by atoms with van der Waals surface area (Å²) in [7, 11) is 0. The van der Waals surface area contributed by atoms with Crippen molar-refractivity contribution in [3.63, 3.8) is 0 Å². The van der Waals surface area contributed by atoms with Crippen LogP contribution in [0.25, 0.3) is 0 Å². The fourth-order valence-electron chi connectivity index (χ4n) is 5.20. The second kappa shape index (κ2) is 11.0. The van der Waals surface area contributed by atoms with E-state index in [0.29, 0.717) is 21.7 Å². The summed E-state index contributed by atoms with van der Waals surface area (Å²) in [6.45, 7) is 8.54. The lowest BCUT2D eigenvalue weighted by Crippen LogP contribution is -2.46. The van der Waals surface area contributed by atoms with Crippen molar-refractivity contribution in [2.75, 3.05) is 4.90 Å². The van der Waals surface area contributed by atoms with E-state index in [1.807, 2.05) is 17.0 Å². The van der Waals surface area contributed by atoms with Crippen LogP contribution >= 0.6 is 23.1 Å². The largest absolute Gasteiger partial charge is 0.477 e. The van der Waals surface area contributed by atoms with Gasteiger partial charge >= 0.3 is 5.97 Å². The van der Waals surface area contributed by atoms with E-state index in [0.717, 1.165) is 61.4 Å². The Morgan fingerprint density at radius 1 is 1.03 bits per heavy atom. The first-order chi connectivity index (χ1) is 16.6. The molecule has 2 saturated carbocycles. The van der Waals surface area contributed by atoms with E-state index in [4.69, 9.17) is 0 Å². The van der Waals surface area contributed by atoms with Gasteiger partial charge in [0.2, 0.25) is 5.91 Å². The van der Waals surface area contributed by atoms with E-state index in [1.54, 1.807) is 24.2 Å². The lowest BCUT2D eigenvalue weighted by atomic mass is 9.81. The number of nitrogens with zero attached hydrogens (tertiary/aromatic N) is 3. The van der Waals surface area contributed by atoms with Crippen molar-refractivity contribution in [3.8, 4) is 0 Å². The van der Waals surface area contributed by atoms with Crippen LogP contribution in [-0.4, -0.2) is 38.2 Å². The van der Waals surface area contributed by atoms with E-state index in [9.17, 15) is 14.7 Å². The number of aromatic nitrogens is 2. The van der Waals surface area contributed by atoms with Gasteiger partial charge in [-0.3, -0.25) is 4.79 Å². The Bertz CT molecular complexity index is 1020. The highest BCUT2D eigenvalue weighted by atomic mass is 32.2. The third-order valence-electron chi connectivity index (χ3n) is 7.33. The van der Waals surface area contributed by atoms with Gasteiger partial charge in [-0.15, -0.1) is 11.3 Å². The minimum absolute atomic E-state index is 0.0179. The monoisotopic (exact) mass is 515 g/mol. The fourth-order valence-corrected chi connectivity index (χ4v) is 7.29. The summed E-state index contributed by atoms with van der Waals surface area (Å²) in [6.07, 6.45) is 11.1. The van der Waals surface area contributed by atoms with Crippen LogP contribution in [0.1, 0.15) is 93.6 Å². The molecule has 0 radical (unpaired) electrons. The maximum atomic E-state index is 14.0. The fraction of sp³-hybridized carbons (Fsp3) is 0.630. The molecule has 2 aliphatic rings. The number of hydrogen-bond acceptors (Lipinski definition) is 6. The Morgan fingerprint density at radius 3 is 2.23 bits per heavy atom. The Labute approximate surface area is 216 Å². The van der Waals surface area contributed by atoms with Crippen LogP contribution in [0.4, 0.5) is 5.69 Å². The smallest absolute Gasteiger partial charge is 0.348 e. The van der Waals surface area contributed by atoms with Crippen LogP contribution in [0.3, 0.4) is 0 Å². The van der Waals surface area contributed by atoms with Crippen molar-refractivity contribution >= 4 is 40.7 Å². The van der Waals surface area contributed by atoms with Gasteiger partial charge in [0.25, 0.3) is 0 Å². The topological polar surface area (TPSA) is 83.4 Å².